The first-order valence-electron chi connectivity index (χ1n) is 8.66. The number of nitrogens with zero attached hydrogens (tertiary/aromatic N) is 3. The lowest BCUT2D eigenvalue weighted by molar-refractivity contribution is -0.118. The van der Waals surface area contributed by atoms with Gasteiger partial charge in [0.05, 0.1) is 5.75 Å². The molecule has 27 heavy (non-hydrogen) atoms. The summed E-state index contributed by atoms with van der Waals surface area (Å²) in [5.41, 5.74) is 6.75. The van der Waals surface area contributed by atoms with E-state index in [2.05, 4.69) is 29.4 Å². The van der Waals surface area contributed by atoms with E-state index in [1.807, 2.05) is 17.6 Å². The molecular formula is C18H24ClN5O2S. The predicted octanol–water partition coefficient (Wildman–Crippen LogP) is 3.04. The van der Waals surface area contributed by atoms with E-state index < -0.39 is 0 Å². The van der Waals surface area contributed by atoms with Crippen LogP contribution >= 0.6 is 23.4 Å². The lowest BCUT2D eigenvalue weighted by Crippen LogP contribution is -2.17. The van der Waals surface area contributed by atoms with Crippen LogP contribution in [0.3, 0.4) is 0 Å². The van der Waals surface area contributed by atoms with Gasteiger partial charge in [-0.15, -0.1) is 10.2 Å². The monoisotopic (exact) mass is 409 g/mol. The number of amides is 2. The number of thioether (sulfide) groups is 1. The molecule has 0 aliphatic carbocycles. The number of carbonyl (C=O) groups is 2. The van der Waals surface area contributed by atoms with Gasteiger partial charge < -0.3 is 15.6 Å². The fourth-order valence-electron chi connectivity index (χ4n) is 2.45. The van der Waals surface area contributed by atoms with Crippen LogP contribution in [0.1, 0.15) is 31.7 Å². The summed E-state index contributed by atoms with van der Waals surface area (Å²) >= 11 is 7.39. The molecule has 0 spiro atoms. The van der Waals surface area contributed by atoms with Crippen LogP contribution in [0.2, 0.25) is 5.02 Å². The van der Waals surface area contributed by atoms with Crippen LogP contribution in [0.5, 0.6) is 0 Å². The fourth-order valence-corrected chi connectivity index (χ4v) is 3.39. The molecule has 7 nitrogen and oxygen atoms in total. The second kappa shape index (κ2) is 9.75. The van der Waals surface area contributed by atoms with Crippen LogP contribution in [0.4, 0.5) is 5.69 Å². The first-order valence-corrected chi connectivity index (χ1v) is 10.0. The van der Waals surface area contributed by atoms with Crippen LogP contribution in [0.15, 0.2) is 23.4 Å². The molecule has 1 aromatic heterocycles. The number of nitrogens with one attached hydrogen (secondary N) is 1. The Hall–Kier alpha value is -2.06. The Morgan fingerprint density at radius 3 is 2.74 bits per heavy atom. The Balaban J connectivity index is 2.04. The maximum absolute atomic E-state index is 12.3. The normalized spacial score (nSPS) is 11.0. The fraction of sp³-hybridized carbons (Fsp3) is 0.444. The molecule has 2 aromatic rings. The van der Waals surface area contributed by atoms with Crippen molar-refractivity contribution >= 4 is 40.9 Å². The number of aromatic nitrogens is 3. The van der Waals surface area contributed by atoms with Gasteiger partial charge in [-0.05, 0) is 30.5 Å². The number of aryl methyl sites for hydroxylation is 1. The molecule has 0 aliphatic rings. The van der Waals surface area contributed by atoms with Gasteiger partial charge in [0.15, 0.2) is 5.16 Å². The summed E-state index contributed by atoms with van der Waals surface area (Å²) in [6.07, 6.45) is 0.652. The van der Waals surface area contributed by atoms with Crippen LogP contribution in [-0.2, 0) is 22.6 Å². The number of hydrogen-bond donors (Lipinski definition) is 2. The van der Waals surface area contributed by atoms with E-state index in [1.165, 1.54) is 11.8 Å². The lowest BCUT2D eigenvalue weighted by atomic mass is 10.2. The number of primary amides is 1. The van der Waals surface area contributed by atoms with Gasteiger partial charge in [0.1, 0.15) is 5.82 Å². The highest BCUT2D eigenvalue weighted by Gasteiger charge is 2.16. The quantitative estimate of drug-likeness (QED) is 0.619. The van der Waals surface area contributed by atoms with Crippen molar-refractivity contribution < 1.29 is 9.59 Å². The zero-order valence-electron chi connectivity index (χ0n) is 15.7. The smallest absolute Gasteiger partial charge is 0.234 e. The second-order valence-electron chi connectivity index (χ2n) is 6.62. The molecule has 0 saturated heterocycles. The average Bonchev–Trinajstić information content (AvgIpc) is 2.96. The number of anilines is 1. The minimum Gasteiger partial charge on any atom is -0.370 e. The molecule has 0 unspecified atom stereocenters. The van der Waals surface area contributed by atoms with Crippen LogP contribution in [0, 0.1) is 12.8 Å². The Bertz CT molecular complexity index is 822. The first kappa shape index (κ1) is 21.2. The van der Waals surface area contributed by atoms with Crippen molar-refractivity contribution in [1.29, 1.82) is 0 Å². The highest BCUT2D eigenvalue weighted by molar-refractivity contribution is 7.99. The molecule has 1 heterocycles. The number of rotatable bonds is 9. The van der Waals surface area contributed by atoms with Crippen molar-refractivity contribution in [1.82, 2.24) is 14.8 Å². The largest absolute Gasteiger partial charge is 0.370 e. The van der Waals surface area contributed by atoms with Gasteiger partial charge in [0.25, 0.3) is 0 Å². The minimum atomic E-state index is -0.375. The molecule has 0 aliphatic heterocycles. The molecule has 2 rings (SSSR count). The van der Waals surface area contributed by atoms with Crippen LogP contribution < -0.4 is 11.1 Å². The molecule has 2 amide bonds. The van der Waals surface area contributed by atoms with Gasteiger partial charge >= 0.3 is 0 Å². The minimum absolute atomic E-state index is 0.150. The van der Waals surface area contributed by atoms with Crippen molar-refractivity contribution in [2.45, 2.75) is 45.3 Å². The summed E-state index contributed by atoms with van der Waals surface area (Å²) in [5.74, 6) is 0.743. The van der Waals surface area contributed by atoms with Gasteiger partial charge in [0, 0.05) is 30.1 Å². The predicted molar refractivity (Wildman–Crippen MR) is 108 cm³/mol. The van der Waals surface area contributed by atoms with Crippen LogP contribution in [-0.4, -0.2) is 32.3 Å². The van der Waals surface area contributed by atoms with Gasteiger partial charge in [0.2, 0.25) is 11.8 Å². The summed E-state index contributed by atoms with van der Waals surface area (Å²) in [7, 11) is 0. The summed E-state index contributed by atoms with van der Waals surface area (Å²) in [5, 5.41) is 12.5. The molecule has 0 fully saturated rings. The topological polar surface area (TPSA) is 103 Å². The average molecular weight is 410 g/mol. The molecule has 0 atom stereocenters. The summed E-state index contributed by atoms with van der Waals surface area (Å²) in [4.78, 5) is 23.4. The summed E-state index contributed by atoms with van der Waals surface area (Å²) in [6.45, 7) is 6.73. The number of carbonyl (C=O) groups excluding carboxylic acids is 2. The van der Waals surface area contributed by atoms with E-state index in [1.54, 1.807) is 12.1 Å². The molecule has 9 heteroatoms. The molecule has 3 N–H and O–H groups in total. The lowest BCUT2D eigenvalue weighted by Gasteiger charge is -2.12. The number of benzene rings is 1. The maximum Gasteiger partial charge on any atom is 0.234 e. The molecule has 0 radical (unpaired) electrons. The molecule has 0 saturated carbocycles. The van der Waals surface area contributed by atoms with E-state index in [-0.39, 0.29) is 24.0 Å². The van der Waals surface area contributed by atoms with E-state index >= 15 is 0 Å². The zero-order valence-corrected chi connectivity index (χ0v) is 17.2. The Morgan fingerprint density at radius 2 is 2.07 bits per heavy atom. The molecule has 0 bridgehead atoms. The molecular weight excluding hydrogens is 386 g/mol. The third kappa shape index (κ3) is 6.25. The van der Waals surface area contributed by atoms with E-state index in [9.17, 15) is 9.59 Å². The van der Waals surface area contributed by atoms with E-state index in [0.717, 1.165) is 5.56 Å². The van der Waals surface area contributed by atoms with Gasteiger partial charge in [-0.1, -0.05) is 43.3 Å². The van der Waals surface area contributed by atoms with Crippen molar-refractivity contribution in [3.63, 3.8) is 0 Å². The maximum atomic E-state index is 12.3. The zero-order chi connectivity index (χ0) is 20.0. The van der Waals surface area contributed by atoms with Gasteiger partial charge in [-0.3, -0.25) is 9.59 Å². The standard InChI is InChI=1S/C18H24ClN5O2S/c1-11(2)9-24-16(8-7-15(20)25)22-23-18(24)27-10-17(26)21-14-6-4-5-13(19)12(14)3/h4-6,11H,7-10H2,1-3H3,(H2,20,25)(H,21,26). The second-order valence-corrected chi connectivity index (χ2v) is 7.97. The van der Waals surface area contributed by atoms with Crippen molar-refractivity contribution in [3.8, 4) is 0 Å². The number of nitrogens with two attached hydrogens (primary N) is 1. The van der Waals surface area contributed by atoms with Crippen molar-refractivity contribution in [3.05, 3.63) is 34.6 Å². The number of hydrogen-bond acceptors (Lipinski definition) is 5. The SMILES string of the molecule is Cc1c(Cl)cccc1NC(=O)CSc1nnc(CCC(N)=O)n1CC(C)C. The third-order valence-electron chi connectivity index (χ3n) is 3.81. The van der Waals surface area contributed by atoms with Gasteiger partial charge in [-0.2, -0.15) is 0 Å². The Morgan fingerprint density at radius 1 is 1.33 bits per heavy atom. The molecule has 1 aromatic carbocycles. The summed E-state index contributed by atoms with van der Waals surface area (Å²) in [6, 6.07) is 5.39. The highest BCUT2D eigenvalue weighted by Crippen LogP contribution is 2.24. The van der Waals surface area contributed by atoms with E-state index in [4.69, 9.17) is 17.3 Å². The van der Waals surface area contributed by atoms with Crippen LogP contribution in [0.25, 0.3) is 0 Å². The number of halogens is 1. The van der Waals surface area contributed by atoms with Gasteiger partial charge in [-0.25, -0.2) is 0 Å². The Kier molecular flexibility index (Phi) is 7.67. The first-order chi connectivity index (χ1) is 12.8. The highest BCUT2D eigenvalue weighted by atomic mass is 35.5. The van der Waals surface area contributed by atoms with Crippen molar-refractivity contribution in [2.75, 3.05) is 11.1 Å². The Labute approximate surface area is 168 Å². The summed E-state index contributed by atoms with van der Waals surface area (Å²) < 4.78 is 1.95. The third-order valence-corrected chi connectivity index (χ3v) is 5.19. The van der Waals surface area contributed by atoms with Crippen molar-refractivity contribution in [2.24, 2.45) is 11.7 Å². The van der Waals surface area contributed by atoms with E-state index in [0.29, 0.717) is 40.6 Å². The molecule has 146 valence electrons.